The molecule has 0 atom stereocenters. The second-order valence-electron chi connectivity index (χ2n) is 8.19. The Morgan fingerprint density at radius 1 is 1.09 bits per heavy atom. The Balaban J connectivity index is 1.35. The summed E-state index contributed by atoms with van der Waals surface area (Å²) < 4.78 is 10.6. The predicted molar refractivity (Wildman–Crippen MR) is 136 cm³/mol. The molecule has 178 valence electrons. The summed E-state index contributed by atoms with van der Waals surface area (Å²) in [6.45, 7) is 2.77. The maximum Gasteiger partial charge on any atom is 0.266 e. The van der Waals surface area contributed by atoms with Gasteiger partial charge in [-0.1, -0.05) is 18.2 Å². The first-order chi connectivity index (χ1) is 17.0. The fraction of sp³-hybridized carbons (Fsp3) is 0.231. The topological polar surface area (TPSA) is 93.7 Å². The van der Waals surface area contributed by atoms with Gasteiger partial charge in [0.25, 0.3) is 11.8 Å². The molecule has 2 aromatic heterocycles. The van der Waals surface area contributed by atoms with Crippen LogP contribution >= 0.6 is 11.3 Å². The number of benzene rings is 2. The summed E-state index contributed by atoms with van der Waals surface area (Å²) in [4.78, 5) is 38.0. The summed E-state index contributed by atoms with van der Waals surface area (Å²) in [5, 5.41) is 3.64. The molecule has 1 aliphatic heterocycles. The number of methoxy groups -OCH3 is 2. The Labute approximate surface area is 206 Å². The number of hydrogen-bond acceptors (Lipinski definition) is 7. The molecule has 0 aliphatic carbocycles. The zero-order chi connectivity index (χ0) is 24.5. The van der Waals surface area contributed by atoms with Crippen LogP contribution < -0.4 is 15.0 Å². The Hall–Kier alpha value is -3.82. The summed E-state index contributed by atoms with van der Waals surface area (Å²) in [7, 11) is 3.11. The van der Waals surface area contributed by atoms with Crippen molar-refractivity contribution in [2.24, 2.45) is 0 Å². The first-order valence-corrected chi connectivity index (χ1v) is 12.0. The zero-order valence-corrected chi connectivity index (χ0v) is 20.4. The number of ether oxygens (including phenoxy) is 2. The lowest BCUT2D eigenvalue weighted by Gasteiger charge is -2.17. The zero-order valence-electron chi connectivity index (χ0n) is 19.6. The molecule has 0 fully saturated rings. The third-order valence-corrected chi connectivity index (χ3v) is 7.18. The molecule has 5 rings (SSSR count). The molecule has 35 heavy (non-hydrogen) atoms. The van der Waals surface area contributed by atoms with Gasteiger partial charge in [-0.05, 0) is 54.8 Å². The van der Waals surface area contributed by atoms with Gasteiger partial charge in [0.2, 0.25) is 5.88 Å². The van der Waals surface area contributed by atoms with E-state index in [2.05, 4.69) is 21.4 Å². The predicted octanol–water partition coefficient (Wildman–Crippen LogP) is 4.61. The molecule has 0 unspecified atom stereocenters. The smallest absolute Gasteiger partial charge is 0.266 e. The minimum Gasteiger partial charge on any atom is -0.480 e. The van der Waals surface area contributed by atoms with E-state index in [4.69, 9.17) is 9.47 Å². The van der Waals surface area contributed by atoms with Gasteiger partial charge in [0.05, 0.1) is 17.4 Å². The van der Waals surface area contributed by atoms with E-state index < -0.39 is 0 Å². The van der Waals surface area contributed by atoms with Crippen molar-refractivity contribution in [1.29, 1.82) is 0 Å². The average Bonchev–Trinajstić information content (AvgIpc) is 3.45. The molecule has 0 saturated carbocycles. The number of thiophene rings is 1. The van der Waals surface area contributed by atoms with Crippen LogP contribution in [0.2, 0.25) is 0 Å². The SMILES string of the molecule is COCc1nc(OC)c2c(C)c(C(=O)Nc3ccc(C(=O)N4CCc5ccccc54)cc3)sc2n1. The number of fused-ring (bicyclic) bond motifs is 2. The minimum absolute atomic E-state index is 0.0503. The Morgan fingerprint density at radius 3 is 2.60 bits per heavy atom. The number of hydrogen-bond donors (Lipinski definition) is 1. The quantitative estimate of drug-likeness (QED) is 0.426. The summed E-state index contributed by atoms with van der Waals surface area (Å²) in [6.07, 6.45) is 0.854. The van der Waals surface area contributed by atoms with Crippen LogP contribution in [0.15, 0.2) is 48.5 Å². The van der Waals surface area contributed by atoms with Crippen molar-refractivity contribution in [1.82, 2.24) is 9.97 Å². The molecule has 2 amide bonds. The van der Waals surface area contributed by atoms with Gasteiger partial charge in [0.1, 0.15) is 11.4 Å². The molecule has 0 radical (unpaired) electrons. The van der Waals surface area contributed by atoms with Crippen molar-refractivity contribution in [3.8, 4) is 5.88 Å². The molecule has 4 aromatic rings. The van der Waals surface area contributed by atoms with E-state index in [1.165, 1.54) is 16.9 Å². The molecule has 1 N–H and O–H groups in total. The Kier molecular flexibility index (Phi) is 6.19. The highest BCUT2D eigenvalue weighted by molar-refractivity contribution is 7.20. The number of para-hydroxylation sites is 1. The third-order valence-electron chi connectivity index (χ3n) is 6.00. The van der Waals surface area contributed by atoms with E-state index in [-0.39, 0.29) is 18.4 Å². The van der Waals surface area contributed by atoms with Gasteiger partial charge in [-0.2, -0.15) is 4.98 Å². The fourth-order valence-electron chi connectivity index (χ4n) is 4.29. The fourth-order valence-corrected chi connectivity index (χ4v) is 5.38. The van der Waals surface area contributed by atoms with E-state index in [0.717, 1.165) is 17.7 Å². The highest BCUT2D eigenvalue weighted by Gasteiger charge is 2.25. The van der Waals surface area contributed by atoms with E-state index in [0.29, 0.717) is 44.6 Å². The summed E-state index contributed by atoms with van der Waals surface area (Å²) in [5.41, 5.74) is 4.07. The molecule has 2 aromatic carbocycles. The first-order valence-electron chi connectivity index (χ1n) is 11.1. The van der Waals surface area contributed by atoms with Crippen LogP contribution in [0.1, 0.15) is 37.0 Å². The van der Waals surface area contributed by atoms with Crippen LogP contribution in [0, 0.1) is 6.92 Å². The van der Waals surface area contributed by atoms with Crippen molar-refractivity contribution in [2.75, 3.05) is 31.0 Å². The van der Waals surface area contributed by atoms with Crippen molar-refractivity contribution >= 4 is 44.7 Å². The number of amides is 2. The molecular formula is C26H24N4O4S. The molecule has 0 saturated heterocycles. The number of anilines is 2. The van der Waals surface area contributed by atoms with Crippen LogP contribution in [0.3, 0.4) is 0 Å². The third kappa shape index (κ3) is 4.24. The first kappa shape index (κ1) is 22.9. The van der Waals surface area contributed by atoms with E-state index >= 15 is 0 Å². The van der Waals surface area contributed by atoms with Crippen molar-refractivity contribution in [3.63, 3.8) is 0 Å². The lowest BCUT2D eigenvalue weighted by atomic mass is 10.1. The van der Waals surface area contributed by atoms with Crippen molar-refractivity contribution < 1.29 is 19.1 Å². The Morgan fingerprint density at radius 2 is 1.86 bits per heavy atom. The maximum absolute atomic E-state index is 13.1. The molecule has 9 heteroatoms. The van der Waals surface area contributed by atoms with E-state index in [1.807, 2.05) is 25.1 Å². The van der Waals surface area contributed by atoms with Gasteiger partial charge in [-0.3, -0.25) is 9.59 Å². The number of aryl methyl sites for hydroxylation is 1. The maximum atomic E-state index is 13.1. The van der Waals surface area contributed by atoms with Gasteiger partial charge in [0.15, 0.2) is 5.82 Å². The molecular weight excluding hydrogens is 464 g/mol. The summed E-state index contributed by atoms with van der Waals surface area (Å²) in [5.74, 6) is 0.603. The number of carbonyl (C=O) groups is 2. The normalized spacial score (nSPS) is 12.6. The number of carbonyl (C=O) groups excluding carboxylic acids is 2. The lowest BCUT2D eigenvalue weighted by Crippen LogP contribution is -2.28. The van der Waals surface area contributed by atoms with Gasteiger partial charge in [-0.25, -0.2) is 4.98 Å². The largest absolute Gasteiger partial charge is 0.480 e. The van der Waals surface area contributed by atoms with Gasteiger partial charge in [0, 0.05) is 30.6 Å². The van der Waals surface area contributed by atoms with Crippen LogP contribution in [0.4, 0.5) is 11.4 Å². The molecule has 0 spiro atoms. The number of aromatic nitrogens is 2. The van der Waals surface area contributed by atoms with Crippen LogP contribution in [0.25, 0.3) is 10.2 Å². The van der Waals surface area contributed by atoms with Gasteiger partial charge < -0.3 is 19.7 Å². The summed E-state index contributed by atoms with van der Waals surface area (Å²) in [6, 6.07) is 14.9. The number of rotatable bonds is 6. The second-order valence-corrected chi connectivity index (χ2v) is 9.18. The number of nitrogens with one attached hydrogen (secondary N) is 1. The van der Waals surface area contributed by atoms with E-state index in [9.17, 15) is 9.59 Å². The van der Waals surface area contributed by atoms with E-state index in [1.54, 1.807) is 43.4 Å². The Bertz CT molecular complexity index is 1430. The van der Waals surface area contributed by atoms with Gasteiger partial charge in [-0.15, -0.1) is 11.3 Å². The summed E-state index contributed by atoms with van der Waals surface area (Å²) >= 11 is 1.28. The number of nitrogens with zero attached hydrogens (tertiary/aromatic N) is 3. The molecule has 0 bridgehead atoms. The van der Waals surface area contributed by atoms with Crippen molar-refractivity contribution in [2.45, 2.75) is 20.0 Å². The standard InChI is InChI=1S/C26H24N4O4S/c1-15-21-24(34-3)28-20(14-33-2)29-25(21)35-22(15)23(31)27-18-10-8-17(9-11-18)26(32)30-13-12-16-6-4-5-7-19(16)30/h4-11H,12-14H2,1-3H3,(H,27,31). The minimum atomic E-state index is -0.256. The average molecular weight is 489 g/mol. The highest BCUT2D eigenvalue weighted by Crippen LogP contribution is 2.35. The van der Waals surface area contributed by atoms with Crippen LogP contribution in [-0.2, 0) is 17.8 Å². The van der Waals surface area contributed by atoms with Crippen LogP contribution in [-0.4, -0.2) is 42.5 Å². The van der Waals surface area contributed by atoms with Gasteiger partial charge >= 0.3 is 0 Å². The monoisotopic (exact) mass is 488 g/mol. The highest BCUT2D eigenvalue weighted by atomic mass is 32.1. The second kappa shape index (κ2) is 9.44. The molecule has 3 heterocycles. The molecule has 8 nitrogen and oxygen atoms in total. The van der Waals surface area contributed by atoms with Crippen molar-refractivity contribution in [3.05, 3.63) is 75.9 Å². The molecule has 1 aliphatic rings. The van der Waals surface area contributed by atoms with Crippen LogP contribution in [0.5, 0.6) is 5.88 Å². The lowest BCUT2D eigenvalue weighted by molar-refractivity contribution is 0.0988.